The molecule has 5 nitrogen and oxygen atoms in total. The zero-order chi connectivity index (χ0) is 17.4. The zero-order valence-corrected chi connectivity index (χ0v) is 15.9. The van der Waals surface area contributed by atoms with Crippen LogP contribution in [0.15, 0.2) is 42.5 Å². The van der Waals surface area contributed by atoms with Crippen LogP contribution in [0.2, 0.25) is 0 Å². The van der Waals surface area contributed by atoms with Crippen LogP contribution in [-0.2, 0) is 4.79 Å². The molecule has 2 aromatic carbocycles. The molecular weight excluding hydrogens is 370 g/mol. The van der Waals surface area contributed by atoms with E-state index in [2.05, 4.69) is 34.7 Å². The lowest BCUT2D eigenvalue weighted by Crippen LogP contribution is -2.35. The Bertz CT molecular complexity index is 926. The largest absolute Gasteiger partial charge is 0.392 e. The second kappa shape index (κ2) is 7.72. The fourth-order valence-corrected chi connectivity index (χ4v) is 4.07. The van der Waals surface area contributed by atoms with Crippen LogP contribution in [0.4, 0.5) is 5.69 Å². The van der Waals surface area contributed by atoms with Crippen molar-refractivity contribution in [1.82, 2.24) is 10.3 Å². The first-order valence-electron chi connectivity index (χ1n) is 8.28. The molecule has 0 radical (unpaired) electrons. The molecule has 0 saturated carbocycles. The molecule has 2 heterocycles. The number of rotatable bonds is 3. The average Bonchev–Trinajstić information content (AvgIpc) is 3.21. The summed E-state index contributed by atoms with van der Waals surface area (Å²) in [5.74, 6) is -0.111. The van der Waals surface area contributed by atoms with Gasteiger partial charge in [0.1, 0.15) is 5.01 Å². The first-order chi connectivity index (χ1) is 12.1. The molecule has 4 rings (SSSR count). The van der Waals surface area contributed by atoms with Gasteiger partial charge in [0.25, 0.3) is 0 Å². The van der Waals surface area contributed by atoms with E-state index in [1.165, 1.54) is 10.3 Å². The molecular formula is C19H20ClN3O2S. The van der Waals surface area contributed by atoms with E-state index in [9.17, 15) is 9.90 Å². The van der Waals surface area contributed by atoms with Crippen molar-refractivity contribution in [1.29, 1.82) is 0 Å². The SMILES string of the molecule is Cc1ccc2nc(-c3ccc(NC(=O)C4CC(O)CN4)cc3)sc2c1.Cl. The molecule has 0 spiro atoms. The predicted octanol–water partition coefficient (Wildman–Crippen LogP) is 3.35. The van der Waals surface area contributed by atoms with Crippen LogP contribution in [0.5, 0.6) is 0 Å². The Labute approximate surface area is 161 Å². The standard InChI is InChI=1S/C19H19N3O2S.ClH/c1-11-2-7-15-17(8-11)25-19(22-15)12-3-5-13(6-4-12)21-18(24)16-9-14(23)10-20-16;/h2-8,14,16,20,23H,9-10H2,1H3,(H,21,24);1H. The van der Waals surface area contributed by atoms with E-state index >= 15 is 0 Å². The highest BCUT2D eigenvalue weighted by Gasteiger charge is 2.27. The van der Waals surface area contributed by atoms with Gasteiger partial charge in [-0.15, -0.1) is 23.7 Å². The number of nitrogens with one attached hydrogen (secondary N) is 2. The lowest BCUT2D eigenvalue weighted by Gasteiger charge is -2.11. The Morgan fingerprint density at radius 2 is 2.04 bits per heavy atom. The van der Waals surface area contributed by atoms with E-state index in [1.54, 1.807) is 11.3 Å². The van der Waals surface area contributed by atoms with Gasteiger partial charge in [0.05, 0.1) is 22.4 Å². The molecule has 1 saturated heterocycles. The van der Waals surface area contributed by atoms with Crippen molar-refractivity contribution >= 4 is 45.6 Å². The van der Waals surface area contributed by atoms with E-state index in [4.69, 9.17) is 0 Å². The maximum Gasteiger partial charge on any atom is 0.241 e. The number of thiazole rings is 1. The molecule has 7 heteroatoms. The Morgan fingerprint density at radius 3 is 2.73 bits per heavy atom. The number of aliphatic hydroxyl groups excluding tert-OH is 1. The number of aryl methyl sites for hydroxylation is 1. The maximum absolute atomic E-state index is 12.2. The van der Waals surface area contributed by atoms with Gasteiger partial charge in [0.15, 0.2) is 0 Å². The molecule has 136 valence electrons. The summed E-state index contributed by atoms with van der Waals surface area (Å²) in [6, 6.07) is 13.6. The number of halogens is 1. The molecule has 1 aliphatic heterocycles. The van der Waals surface area contributed by atoms with Crippen molar-refractivity contribution in [2.75, 3.05) is 11.9 Å². The van der Waals surface area contributed by atoms with Crippen LogP contribution < -0.4 is 10.6 Å². The Balaban J connectivity index is 0.00000196. The van der Waals surface area contributed by atoms with Gasteiger partial charge in [-0.3, -0.25) is 4.79 Å². The minimum absolute atomic E-state index is 0. The van der Waals surface area contributed by atoms with Gasteiger partial charge >= 0.3 is 0 Å². The number of carbonyl (C=O) groups is 1. The highest BCUT2D eigenvalue weighted by molar-refractivity contribution is 7.21. The first kappa shape index (κ1) is 18.8. The number of fused-ring (bicyclic) bond motifs is 1. The van der Waals surface area contributed by atoms with Crippen LogP contribution in [0.1, 0.15) is 12.0 Å². The highest BCUT2D eigenvalue weighted by Crippen LogP contribution is 2.31. The first-order valence-corrected chi connectivity index (χ1v) is 9.10. The minimum atomic E-state index is -0.444. The average molecular weight is 390 g/mol. The van der Waals surface area contributed by atoms with Gasteiger partial charge in [-0.25, -0.2) is 4.98 Å². The topological polar surface area (TPSA) is 74.2 Å². The Kier molecular flexibility index (Phi) is 5.58. The number of hydrogen-bond acceptors (Lipinski definition) is 5. The van der Waals surface area contributed by atoms with Crippen molar-refractivity contribution in [3.8, 4) is 10.6 Å². The summed E-state index contributed by atoms with van der Waals surface area (Å²) in [6.45, 7) is 2.54. The molecule has 2 atom stereocenters. The van der Waals surface area contributed by atoms with Crippen molar-refractivity contribution < 1.29 is 9.90 Å². The van der Waals surface area contributed by atoms with Gasteiger partial charge in [0.2, 0.25) is 5.91 Å². The molecule has 26 heavy (non-hydrogen) atoms. The summed E-state index contributed by atoms with van der Waals surface area (Å²) in [5.41, 5.74) is 4.01. The Morgan fingerprint density at radius 1 is 1.27 bits per heavy atom. The third-order valence-corrected chi connectivity index (χ3v) is 5.43. The van der Waals surface area contributed by atoms with Crippen molar-refractivity contribution in [2.45, 2.75) is 25.5 Å². The summed E-state index contributed by atoms with van der Waals surface area (Å²) in [4.78, 5) is 16.8. The number of aromatic nitrogens is 1. The van der Waals surface area contributed by atoms with E-state index in [0.717, 1.165) is 21.8 Å². The van der Waals surface area contributed by atoms with Gasteiger partial charge in [0, 0.05) is 17.8 Å². The van der Waals surface area contributed by atoms with Gasteiger partial charge in [-0.1, -0.05) is 6.07 Å². The summed E-state index contributed by atoms with van der Waals surface area (Å²) in [7, 11) is 0. The monoisotopic (exact) mass is 389 g/mol. The molecule has 3 aromatic rings. The molecule has 1 aliphatic rings. The number of amides is 1. The fourth-order valence-electron chi connectivity index (χ4n) is 3.00. The zero-order valence-electron chi connectivity index (χ0n) is 14.2. The normalized spacial score (nSPS) is 19.3. The molecule has 2 unspecified atom stereocenters. The van der Waals surface area contributed by atoms with Crippen molar-refractivity contribution in [2.24, 2.45) is 0 Å². The quantitative estimate of drug-likeness (QED) is 0.642. The minimum Gasteiger partial charge on any atom is -0.392 e. The molecule has 1 aromatic heterocycles. The van der Waals surface area contributed by atoms with Crippen LogP contribution in [0.25, 0.3) is 20.8 Å². The highest BCUT2D eigenvalue weighted by atomic mass is 35.5. The number of nitrogens with zero attached hydrogens (tertiary/aromatic N) is 1. The van der Waals surface area contributed by atoms with Crippen LogP contribution in [0, 0.1) is 6.92 Å². The summed E-state index contributed by atoms with van der Waals surface area (Å²) < 4.78 is 1.18. The van der Waals surface area contributed by atoms with Crippen molar-refractivity contribution in [3.05, 3.63) is 48.0 Å². The smallest absolute Gasteiger partial charge is 0.241 e. The second-order valence-electron chi connectivity index (χ2n) is 6.41. The van der Waals surface area contributed by atoms with E-state index in [-0.39, 0.29) is 24.4 Å². The van der Waals surface area contributed by atoms with E-state index < -0.39 is 6.10 Å². The fraction of sp³-hybridized carbons (Fsp3) is 0.263. The molecule has 0 bridgehead atoms. The van der Waals surface area contributed by atoms with Crippen LogP contribution in [-0.4, -0.2) is 34.7 Å². The summed E-state index contributed by atoms with van der Waals surface area (Å²) in [6.07, 6.45) is 0.00971. The van der Waals surface area contributed by atoms with Crippen LogP contribution >= 0.6 is 23.7 Å². The number of aliphatic hydroxyl groups is 1. The summed E-state index contributed by atoms with van der Waals surface area (Å²) in [5, 5.41) is 16.4. The van der Waals surface area contributed by atoms with E-state index in [1.807, 2.05) is 30.3 Å². The van der Waals surface area contributed by atoms with Gasteiger partial charge in [-0.2, -0.15) is 0 Å². The molecule has 0 aliphatic carbocycles. The molecule has 3 N–H and O–H groups in total. The third kappa shape index (κ3) is 3.88. The summed E-state index contributed by atoms with van der Waals surface area (Å²) >= 11 is 1.67. The maximum atomic E-state index is 12.2. The number of hydrogen-bond donors (Lipinski definition) is 3. The lowest BCUT2D eigenvalue weighted by molar-refractivity contribution is -0.117. The Hall–Kier alpha value is -1.99. The predicted molar refractivity (Wildman–Crippen MR) is 108 cm³/mol. The van der Waals surface area contributed by atoms with Gasteiger partial charge < -0.3 is 15.7 Å². The third-order valence-electron chi connectivity index (χ3n) is 4.37. The van der Waals surface area contributed by atoms with Crippen molar-refractivity contribution in [3.63, 3.8) is 0 Å². The number of carbonyl (C=O) groups excluding carboxylic acids is 1. The lowest BCUT2D eigenvalue weighted by atomic mass is 10.1. The van der Waals surface area contributed by atoms with Gasteiger partial charge in [-0.05, 0) is 55.3 Å². The molecule has 1 fully saturated rings. The number of β-amino-alcohol motifs (C(OH)–C–C–N with tert-alkyl or cyclic N) is 1. The van der Waals surface area contributed by atoms with E-state index in [0.29, 0.717) is 13.0 Å². The van der Waals surface area contributed by atoms with Crippen LogP contribution in [0.3, 0.4) is 0 Å². The number of anilines is 1. The molecule has 1 amide bonds. The number of benzene rings is 2. The second-order valence-corrected chi connectivity index (χ2v) is 7.44.